The lowest BCUT2D eigenvalue weighted by Gasteiger charge is -2.20. The molecule has 0 aromatic carbocycles. The SMILES string of the molecule is CNC(=O)c1sc(N2CCCOCC2)c(C(N)=O)c1N. The predicted octanol–water partition coefficient (Wildman–Crippen LogP) is 0.0155. The summed E-state index contributed by atoms with van der Waals surface area (Å²) in [5, 5.41) is 3.16. The molecule has 2 rings (SSSR count). The van der Waals surface area contributed by atoms with Crippen LogP contribution in [-0.4, -0.2) is 45.2 Å². The van der Waals surface area contributed by atoms with Crippen molar-refractivity contribution in [3.63, 3.8) is 0 Å². The largest absolute Gasteiger partial charge is 0.397 e. The molecule has 0 unspecified atom stereocenters. The zero-order chi connectivity index (χ0) is 14.7. The molecule has 7 nitrogen and oxygen atoms in total. The van der Waals surface area contributed by atoms with Crippen LogP contribution in [0.2, 0.25) is 0 Å². The first-order chi connectivity index (χ1) is 9.56. The first-order valence-electron chi connectivity index (χ1n) is 6.33. The van der Waals surface area contributed by atoms with Gasteiger partial charge in [0, 0.05) is 26.7 Å². The van der Waals surface area contributed by atoms with Gasteiger partial charge in [-0.25, -0.2) is 0 Å². The van der Waals surface area contributed by atoms with Gasteiger partial charge in [-0.2, -0.15) is 0 Å². The number of nitrogen functional groups attached to an aromatic ring is 1. The number of ether oxygens (including phenoxy) is 1. The van der Waals surface area contributed by atoms with E-state index >= 15 is 0 Å². The molecule has 0 atom stereocenters. The van der Waals surface area contributed by atoms with Gasteiger partial charge in [-0.05, 0) is 6.42 Å². The van der Waals surface area contributed by atoms with Crippen molar-refractivity contribution in [3.05, 3.63) is 10.4 Å². The first kappa shape index (κ1) is 14.6. The van der Waals surface area contributed by atoms with Gasteiger partial charge in [-0.1, -0.05) is 0 Å². The monoisotopic (exact) mass is 298 g/mol. The van der Waals surface area contributed by atoms with E-state index < -0.39 is 5.91 Å². The van der Waals surface area contributed by atoms with Crippen LogP contribution in [0.5, 0.6) is 0 Å². The minimum Gasteiger partial charge on any atom is -0.397 e. The highest BCUT2D eigenvalue weighted by Gasteiger charge is 2.27. The average Bonchev–Trinajstić information content (AvgIpc) is 2.62. The third kappa shape index (κ3) is 2.70. The summed E-state index contributed by atoms with van der Waals surface area (Å²) >= 11 is 1.20. The fourth-order valence-corrected chi connectivity index (χ4v) is 3.35. The highest BCUT2D eigenvalue weighted by molar-refractivity contribution is 7.19. The maximum Gasteiger partial charge on any atom is 0.263 e. The number of primary amides is 1. The Labute approximate surface area is 120 Å². The van der Waals surface area contributed by atoms with Gasteiger partial charge in [0.2, 0.25) is 0 Å². The molecule has 0 saturated carbocycles. The Bertz CT molecular complexity index is 521. The van der Waals surface area contributed by atoms with E-state index in [2.05, 4.69) is 5.32 Å². The highest BCUT2D eigenvalue weighted by atomic mass is 32.1. The number of carbonyl (C=O) groups excluding carboxylic acids is 2. The minimum absolute atomic E-state index is 0.155. The van der Waals surface area contributed by atoms with Crippen molar-refractivity contribution in [2.45, 2.75) is 6.42 Å². The molecule has 2 amide bonds. The summed E-state index contributed by atoms with van der Waals surface area (Å²) in [4.78, 5) is 25.8. The molecule has 1 fully saturated rings. The number of carbonyl (C=O) groups is 2. The van der Waals surface area contributed by atoms with E-state index in [0.717, 1.165) is 13.0 Å². The molecule has 5 N–H and O–H groups in total. The van der Waals surface area contributed by atoms with Gasteiger partial charge in [-0.15, -0.1) is 11.3 Å². The van der Waals surface area contributed by atoms with Gasteiger partial charge in [0.05, 0.1) is 17.9 Å². The van der Waals surface area contributed by atoms with Crippen LogP contribution in [0, 0.1) is 0 Å². The average molecular weight is 298 g/mol. The summed E-state index contributed by atoms with van der Waals surface area (Å²) < 4.78 is 5.39. The van der Waals surface area contributed by atoms with E-state index in [4.69, 9.17) is 16.2 Å². The van der Waals surface area contributed by atoms with Gasteiger partial charge in [0.25, 0.3) is 11.8 Å². The molecule has 1 aliphatic heterocycles. The van der Waals surface area contributed by atoms with E-state index in [1.54, 1.807) is 0 Å². The highest BCUT2D eigenvalue weighted by Crippen LogP contribution is 2.38. The summed E-state index contributed by atoms with van der Waals surface area (Å²) in [6, 6.07) is 0. The fourth-order valence-electron chi connectivity index (χ4n) is 2.12. The van der Waals surface area contributed by atoms with Crippen molar-refractivity contribution in [3.8, 4) is 0 Å². The van der Waals surface area contributed by atoms with Crippen LogP contribution in [0.25, 0.3) is 0 Å². The zero-order valence-electron chi connectivity index (χ0n) is 11.3. The van der Waals surface area contributed by atoms with Crippen LogP contribution in [-0.2, 0) is 4.74 Å². The summed E-state index contributed by atoms with van der Waals surface area (Å²) in [6.45, 7) is 2.65. The number of hydrogen-bond acceptors (Lipinski definition) is 6. The first-order valence-corrected chi connectivity index (χ1v) is 7.14. The molecule has 20 heavy (non-hydrogen) atoms. The molecular formula is C12H18N4O3S. The molecule has 1 aromatic rings. The summed E-state index contributed by atoms with van der Waals surface area (Å²) in [7, 11) is 1.52. The Morgan fingerprint density at radius 2 is 2.10 bits per heavy atom. The zero-order valence-corrected chi connectivity index (χ0v) is 12.1. The normalized spacial score (nSPS) is 15.8. The molecule has 1 aliphatic rings. The van der Waals surface area contributed by atoms with E-state index in [9.17, 15) is 9.59 Å². The number of nitrogens with one attached hydrogen (secondary N) is 1. The Balaban J connectivity index is 2.44. The molecule has 0 radical (unpaired) electrons. The molecule has 110 valence electrons. The molecule has 0 bridgehead atoms. The topological polar surface area (TPSA) is 111 Å². The fraction of sp³-hybridized carbons (Fsp3) is 0.500. The number of rotatable bonds is 3. The summed E-state index contributed by atoms with van der Waals surface area (Å²) in [6.07, 6.45) is 0.852. The molecule has 1 saturated heterocycles. The smallest absolute Gasteiger partial charge is 0.263 e. The Morgan fingerprint density at radius 1 is 1.35 bits per heavy atom. The quantitative estimate of drug-likeness (QED) is 0.728. The van der Waals surface area contributed by atoms with Crippen LogP contribution >= 0.6 is 11.3 Å². The molecule has 2 heterocycles. The van der Waals surface area contributed by atoms with Crippen LogP contribution in [0.1, 0.15) is 26.5 Å². The molecular weight excluding hydrogens is 280 g/mol. The number of nitrogens with zero attached hydrogens (tertiary/aromatic N) is 1. The molecule has 1 aromatic heterocycles. The summed E-state index contributed by atoms with van der Waals surface area (Å²) in [5.41, 5.74) is 11.7. The number of hydrogen-bond donors (Lipinski definition) is 3. The van der Waals surface area contributed by atoms with E-state index in [0.29, 0.717) is 29.6 Å². The lowest BCUT2D eigenvalue weighted by Crippen LogP contribution is -2.27. The third-order valence-electron chi connectivity index (χ3n) is 3.12. The lowest BCUT2D eigenvalue weighted by molar-refractivity contribution is 0.0967. The third-order valence-corrected chi connectivity index (χ3v) is 4.38. The molecule has 8 heteroatoms. The Kier molecular flexibility index (Phi) is 4.46. The summed E-state index contributed by atoms with van der Waals surface area (Å²) in [5.74, 6) is -0.929. The van der Waals surface area contributed by atoms with E-state index in [1.165, 1.54) is 18.4 Å². The maximum atomic E-state index is 11.8. The van der Waals surface area contributed by atoms with Crippen LogP contribution < -0.4 is 21.7 Å². The number of anilines is 2. The predicted molar refractivity (Wildman–Crippen MR) is 78.3 cm³/mol. The lowest BCUT2D eigenvalue weighted by atomic mass is 10.2. The van der Waals surface area contributed by atoms with Gasteiger partial charge >= 0.3 is 0 Å². The van der Waals surface area contributed by atoms with Crippen molar-refractivity contribution in [1.82, 2.24) is 5.32 Å². The standard InChI is InChI=1S/C12H18N4O3S/c1-15-11(18)9-8(13)7(10(14)17)12(20-9)16-3-2-5-19-6-4-16/h2-6,13H2,1H3,(H2,14,17)(H,15,18). The van der Waals surface area contributed by atoms with Crippen LogP contribution in [0.3, 0.4) is 0 Å². The second kappa shape index (κ2) is 6.10. The Hall–Kier alpha value is -1.80. The minimum atomic E-state index is -0.617. The van der Waals surface area contributed by atoms with Crippen LogP contribution in [0.15, 0.2) is 0 Å². The maximum absolute atomic E-state index is 11.8. The van der Waals surface area contributed by atoms with Gasteiger partial charge in [-0.3, -0.25) is 9.59 Å². The molecule has 0 spiro atoms. The second-order valence-corrected chi connectivity index (χ2v) is 5.42. The van der Waals surface area contributed by atoms with Crippen molar-refractivity contribution in [2.24, 2.45) is 5.73 Å². The van der Waals surface area contributed by atoms with Gasteiger partial charge < -0.3 is 26.4 Å². The number of thiophene rings is 1. The van der Waals surface area contributed by atoms with E-state index in [-0.39, 0.29) is 17.2 Å². The number of amides is 2. The Morgan fingerprint density at radius 3 is 2.75 bits per heavy atom. The second-order valence-electron chi connectivity index (χ2n) is 4.42. The van der Waals surface area contributed by atoms with Gasteiger partial charge in [0.1, 0.15) is 9.88 Å². The van der Waals surface area contributed by atoms with Gasteiger partial charge in [0.15, 0.2) is 0 Å². The van der Waals surface area contributed by atoms with E-state index in [1.807, 2.05) is 4.90 Å². The number of nitrogens with two attached hydrogens (primary N) is 2. The van der Waals surface area contributed by atoms with Crippen molar-refractivity contribution >= 4 is 33.8 Å². The van der Waals surface area contributed by atoms with Crippen molar-refractivity contribution < 1.29 is 14.3 Å². The van der Waals surface area contributed by atoms with Crippen LogP contribution in [0.4, 0.5) is 10.7 Å². The molecule has 0 aliphatic carbocycles. The van der Waals surface area contributed by atoms with Crippen molar-refractivity contribution in [2.75, 3.05) is 44.0 Å². The van der Waals surface area contributed by atoms with Crippen molar-refractivity contribution in [1.29, 1.82) is 0 Å².